The van der Waals surface area contributed by atoms with E-state index in [0.29, 0.717) is 17.5 Å². The second-order valence-corrected chi connectivity index (χ2v) is 5.10. The van der Waals surface area contributed by atoms with Crippen molar-refractivity contribution in [1.29, 1.82) is 0 Å². The van der Waals surface area contributed by atoms with Crippen LogP contribution in [0.3, 0.4) is 0 Å². The summed E-state index contributed by atoms with van der Waals surface area (Å²) in [7, 11) is 0. The van der Waals surface area contributed by atoms with Gasteiger partial charge in [0.25, 0.3) is 5.89 Å². The van der Waals surface area contributed by atoms with Crippen molar-refractivity contribution in [3.63, 3.8) is 0 Å². The van der Waals surface area contributed by atoms with Crippen LogP contribution in [0.15, 0.2) is 10.5 Å². The normalized spacial score (nSPS) is 10.6. The summed E-state index contributed by atoms with van der Waals surface area (Å²) in [4.78, 5) is 12.3. The standard InChI is InChI=1S/C12H14N2O4S/c1-3-4-8-5-9(11(19-8)12(15)16)17-6-10-14-13-7(2)18-10/h5H,3-4,6H2,1-2H3,(H,15,16). The molecule has 0 radical (unpaired) electrons. The van der Waals surface area contributed by atoms with Crippen LogP contribution in [0.25, 0.3) is 0 Å². The Labute approximate surface area is 114 Å². The molecule has 0 spiro atoms. The number of carboxylic acids is 1. The van der Waals surface area contributed by atoms with Gasteiger partial charge in [0, 0.05) is 11.8 Å². The highest BCUT2D eigenvalue weighted by molar-refractivity contribution is 7.14. The maximum atomic E-state index is 11.1. The van der Waals surface area contributed by atoms with E-state index in [-0.39, 0.29) is 11.5 Å². The largest absolute Gasteiger partial charge is 0.482 e. The molecule has 2 aromatic rings. The number of carbonyl (C=O) groups is 1. The zero-order valence-electron chi connectivity index (χ0n) is 10.7. The molecule has 0 aliphatic heterocycles. The molecule has 0 atom stereocenters. The third kappa shape index (κ3) is 3.31. The Morgan fingerprint density at radius 2 is 2.32 bits per heavy atom. The lowest BCUT2D eigenvalue weighted by Gasteiger charge is -2.01. The molecule has 2 heterocycles. The number of aromatic carboxylic acids is 1. The maximum Gasteiger partial charge on any atom is 0.349 e. The fourth-order valence-electron chi connectivity index (χ4n) is 1.58. The van der Waals surface area contributed by atoms with Crippen molar-refractivity contribution in [2.45, 2.75) is 33.3 Å². The molecular weight excluding hydrogens is 268 g/mol. The molecule has 0 bridgehead atoms. The number of aryl methyl sites for hydroxylation is 2. The topological polar surface area (TPSA) is 85.5 Å². The minimum absolute atomic E-state index is 0.0728. The third-order valence-electron chi connectivity index (χ3n) is 2.36. The highest BCUT2D eigenvalue weighted by Crippen LogP contribution is 2.30. The van der Waals surface area contributed by atoms with Gasteiger partial charge in [0.2, 0.25) is 5.89 Å². The number of nitrogens with zero attached hydrogens (tertiary/aromatic N) is 2. The lowest BCUT2D eigenvalue weighted by Crippen LogP contribution is -2.00. The molecule has 0 aromatic carbocycles. The summed E-state index contributed by atoms with van der Waals surface area (Å²) >= 11 is 1.24. The summed E-state index contributed by atoms with van der Waals surface area (Å²) in [6.45, 7) is 3.80. The van der Waals surface area contributed by atoms with Gasteiger partial charge in [-0.25, -0.2) is 4.79 Å². The van der Waals surface area contributed by atoms with Gasteiger partial charge in [-0.3, -0.25) is 0 Å². The van der Waals surface area contributed by atoms with Crippen molar-refractivity contribution in [1.82, 2.24) is 10.2 Å². The molecule has 1 N–H and O–H groups in total. The molecule has 102 valence electrons. The van der Waals surface area contributed by atoms with Gasteiger partial charge in [-0.2, -0.15) is 0 Å². The monoisotopic (exact) mass is 282 g/mol. The Morgan fingerprint density at radius 1 is 1.53 bits per heavy atom. The lowest BCUT2D eigenvalue weighted by molar-refractivity contribution is 0.0697. The van der Waals surface area contributed by atoms with Gasteiger partial charge in [-0.1, -0.05) is 13.3 Å². The van der Waals surface area contributed by atoms with Gasteiger partial charge < -0.3 is 14.3 Å². The van der Waals surface area contributed by atoms with Crippen LogP contribution < -0.4 is 4.74 Å². The van der Waals surface area contributed by atoms with Gasteiger partial charge in [0.15, 0.2) is 11.5 Å². The van der Waals surface area contributed by atoms with Crippen LogP contribution in [-0.2, 0) is 13.0 Å². The van der Waals surface area contributed by atoms with Crippen molar-refractivity contribution in [3.05, 3.63) is 27.6 Å². The number of hydrogen-bond acceptors (Lipinski definition) is 6. The smallest absolute Gasteiger partial charge is 0.349 e. The van der Waals surface area contributed by atoms with Crippen LogP contribution in [0.1, 0.15) is 39.7 Å². The van der Waals surface area contributed by atoms with Crippen molar-refractivity contribution < 1.29 is 19.1 Å². The molecule has 0 aliphatic rings. The zero-order chi connectivity index (χ0) is 13.8. The van der Waals surface area contributed by atoms with Crippen LogP contribution in [-0.4, -0.2) is 21.3 Å². The zero-order valence-corrected chi connectivity index (χ0v) is 11.5. The first-order chi connectivity index (χ1) is 9.10. The van der Waals surface area contributed by atoms with E-state index in [9.17, 15) is 4.79 Å². The minimum Gasteiger partial charge on any atom is -0.482 e. The van der Waals surface area contributed by atoms with Crippen molar-refractivity contribution in [2.75, 3.05) is 0 Å². The average molecular weight is 282 g/mol. The van der Waals surface area contributed by atoms with Gasteiger partial charge >= 0.3 is 5.97 Å². The van der Waals surface area contributed by atoms with Crippen molar-refractivity contribution >= 4 is 17.3 Å². The predicted octanol–water partition coefficient (Wildman–Crippen LogP) is 2.67. The van der Waals surface area contributed by atoms with E-state index in [1.807, 2.05) is 6.92 Å². The minimum atomic E-state index is -0.982. The highest BCUT2D eigenvalue weighted by Gasteiger charge is 2.17. The summed E-state index contributed by atoms with van der Waals surface area (Å²) in [5, 5.41) is 16.6. The summed E-state index contributed by atoms with van der Waals surface area (Å²) < 4.78 is 10.6. The quantitative estimate of drug-likeness (QED) is 0.876. The molecule has 2 aromatic heterocycles. The van der Waals surface area contributed by atoms with Gasteiger partial charge in [0.05, 0.1) is 0 Å². The highest BCUT2D eigenvalue weighted by atomic mass is 32.1. The molecule has 0 aliphatic carbocycles. The SMILES string of the molecule is CCCc1cc(OCc2nnc(C)o2)c(C(=O)O)s1. The van der Waals surface area contributed by atoms with Crippen LogP contribution in [0, 0.1) is 6.92 Å². The Kier molecular flexibility index (Phi) is 4.16. The molecule has 0 saturated carbocycles. The lowest BCUT2D eigenvalue weighted by atomic mass is 10.3. The van der Waals surface area contributed by atoms with Crippen LogP contribution in [0.2, 0.25) is 0 Å². The van der Waals surface area contributed by atoms with Crippen LogP contribution in [0.5, 0.6) is 5.75 Å². The molecule has 0 unspecified atom stereocenters. The molecule has 6 nitrogen and oxygen atoms in total. The number of carboxylic acid groups (broad SMARTS) is 1. The van der Waals surface area contributed by atoms with Gasteiger partial charge in [-0.15, -0.1) is 21.5 Å². The Bertz CT molecular complexity index is 576. The Morgan fingerprint density at radius 3 is 2.89 bits per heavy atom. The first-order valence-corrected chi connectivity index (χ1v) is 6.69. The number of ether oxygens (including phenoxy) is 1. The number of aromatic nitrogens is 2. The fourth-order valence-corrected chi connectivity index (χ4v) is 2.62. The molecule has 0 amide bonds. The third-order valence-corrected chi connectivity index (χ3v) is 3.52. The van der Waals surface area contributed by atoms with Crippen molar-refractivity contribution in [2.24, 2.45) is 0 Å². The first kappa shape index (κ1) is 13.5. The second kappa shape index (κ2) is 5.83. The number of thiophene rings is 1. The van der Waals surface area contributed by atoms with E-state index >= 15 is 0 Å². The number of hydrogen-bond donors (Lipinski definition) is 1. The van der Waals surface area contributed by atoms with Crippen LogP contribution >= 0.6 is 11.3 Å². The number of rotatable bonds is 6. The molecular formula is C12H14N2O4S. The summed E-state index contributed by atoms with van der Waals surface area (Å²) in [5.41, 5.74) is 0. The van der Waals surface area contributed by atoms with Crippen LogP contribution in [0.4, 0.5) is 0 Å². The van der Waals surface area contributed by atoms with E-state index in [0.717, 1.165) is 17.7 Å². The van der Waals surface area contributed by atoms with Gasteiger partial charge in [0.1, 0.15) is 5.75 Å². The maximum absolute atomic E-state index is 11.1. The fraction of sp³-hybridized carbons (Fsp3) is 0.417. The second-order valence-electron chi connectivity index (χ2n) is 3.96. The van der Waals surface area contributed by atoms with E-state index in [1.165, 1.54) is 11.3 Å². The average Bonchev–Trinajstić information content (AvgIpc) is 2.93. The van der Waals surface area contributed by atoms with E-state index in [1.54, 1.807) is 13.0 Å². The molecule has 0 fully saturated rings. The molecule has 7 heteroatoms. The first-order valence-electron chi connectivity index (χ1n) is 5.88. The summed E-state index contributed by atoms with van der Waals surface area (Å²) in [6.07, 6.45) is 1.80. The van der Waals surface area contributed by atoms with Gasteiger partial charge in [-0.05, 0) is 12.5 Å². The predicted molar refractivity (Wildman–Crippen MR) is 68.6 cm³/mol. The van der Waals surface area contributed by atoms with Crippen molar-refractivity contribution in [3.8, 4) is 5.75 Å². The summed E-state index contributed by atoms with van der Waals surface area (Å²) in [6, 6.07) is 1.76. The molecule has 19 heavy (non-hydrogen) atoms. The Hall–Kier alpha value is -1.89. The summed E-state index contributed by atoms with van der Waals surface area (Å²) in [5.74, 6) is 0.159. The molecule has 2 rings (SSSR count). The van der Waals surface area contributed by atoms with E-state index in [4.69, 9.17) is 14.3 Å². The van der Waals surface area contributed by atoms with E-state index in [2.05, 4.69) is 10.2 Å². The Balaban J connectivity index is 2.11. The molecule has 0 saturated heterocycles. The van der Waals surface area contributed by atoms with E-state index < -0.39 is 5.97 Å².